The summed E-state index contributed by atoms with van der Waals surface area (Å²) in [6.45, 7) is 2.14. The Morgan fingerprint density at radius 2 is 2.06 bits per heavy atom. The van der Waals surface area contributed by atoms with Crippen LogP contribution < -0.4 is 10.5 Å². The minimum absolute atomic E-state index is 0.117. The molecule has 1 amide bonds. The highest BCUT2D eigenvalue weighted by atomic mass is 32.2. The second-order valence-electron chi connectivity index (χ2n) is 7.45. The van der Waals surface area contributed by atoms with Gasteiger partial charge in [0, 0.05) is 16.6 Å². The zero-order chi connectivity index (χ0) is 21.8. The SMILES string of the molecule is Cc1cc(=O)[nH]c(SCC(=O)N(Cc2ccccc2)c2sc3c(c2C#N)CCCC3)n1. The Labute approximate surface area is 189 Å². The standard InChI is InChI=1S/C23H22N4O2S2/c1-15-11-20(28)26-23(25-15)30-14-21(29)27(13-16-7-3-2-4-8-16)22-18(12-24)17-9-5-6-10-19(17)31-22/h2-4,7-8,11H,5-6,9-10,13-14H2,1H3,(H,25,26,28). The first-order valence-electron chi connectivity index (χ1n) is 10.1. The maximum Gasteiger partial charge on any atom is 0.251 e. The maximum atomic E-state index is 13.4. The average Bonchev–Trinajstić information content (AvgIpc) is 3.14. The van der Waals surface area contributed by atoms with E-state index in [9.17, 15) is 14.9 Å². The molecule has 0 bridgehead atoms. The van der Waals surface area contributed by atoms with Crippen molar-refractivity contribution in [2.24, 2.45) is 0 Å². The van der Waals surface area contributed by atoms with Gasteiger partial charge in [0.15, 0.2) is 5.16 Å². The van der Waals surface area contributed by atoms with Crippen molar-refractivity contribution in [1.29, 1.82) is 5.26 Å². The predicted octanol–water partition coefficient (Wildman–Crippen LogP) is 4.22. The molecular weight excluding hydrogens is 428 g/mol. The summed E-state index contributed by atoms with van der Waals surface area (Å²) in [6.07, 6.45) is 4.05. The number of nitriles is 1. The van der Waals surface area contributed by atoms with Gasteiger partial charge < -0.3 is 4.98 Å². The fourth-order valence-corrected chi connectivity index (χ4v) is 5.88. The van der Waals surface area contributed by atoms with Crippen molar-refractivity contribution in [2.45, 2.75) is 44.3 Å². The van der Waals surface area contributed by atoms with Crippen LogP contribution in [0.2, 0.25) is 0 Å². The quantitative estimate of drug-likeness (QED) is 0.449. The summed E-state index contributed by atoms with van der Waals surface area (Å²) in [5.41, 5.74) is 3.12. The average molecular weight is 451 g/mol. The smallest absolute Gasteiger partial charge is 0.251 e. The van der Waals surface area contributed by atoms with Crippen LogP contribution in [0.15, 0.2) is 46.3 Å². The molecule has 6 nitrogen and oxygen atoms in total. The van der Waals surface area contributed by atoms with Gasteiger partial charge in [-0.15, -0.1) is 11.3 Å². The molecule has 0 atom stereocenters. The number of nitrogens with zero attached hydrogens (tertiary/aromatic N) is 3. The number of hydrogen-bond acceptors (Lipinski definition) is 6. The molecule has 158 valence electrons. The number of carbonyl (C=O) groups is 1. The summed E-state index contributed by atoms with van der Waals surface area (Å²) in [6, 6.07) is 13.6. The molecule has 0 aliphatic heterocycles. The van der Waals surface area contributed by atoms with Crippen LogP contribution in [-0.2, 0) is 24.2 Å². The number of aromatic amines is 1. The number of amides is 1. The molecule has 0 unspecified atom stereocenters. The van der Waals surface area contributed by atoms with Crippen molar-refractivity contribution in [2.75, 3.05) is 10.7 Å². The van der Waals surface area contributed by atoms with Gasteiger partial charge in [0.1, 0.15) is 11.1 Å². The van der Waals surface area contributed by atoms with Crippen LogP contribution in [-0.4, -0.2) is 21.6 Å². The van der Waals surface area contributed by atoms with E-state index in [2.05, 4.69) is 16.0 Å². The van der Waals surface area contributed by atoms with E-state index in [-0.39, 0.29) is 17.2 Å². The number of aromatic nitrogens is 2. The molecule has 1 N–H and O–H groups in total. The highest BCUT2D eigenvalue weighted by Gasteiger charge is 2.27. The Morgan fingerprint density at radius 3 is 2.81 bits per heavy atom. The van der Waals surface area contributed by atoms with E-state index >= 15 is 0 Å². The molecule has 4 rings (SSSR count). The fraction of sp³-hybridized carbons (Fsp3) is 0.304. The van der Waals surface area contributed by atoms with Crippen LogP contribution in [0.3, 0.4) is 0 Å². The lowest BCUT2D eigenvalue weighted by Crippen LogP contribution is -2.32. The second-order valence-corrected chi connectivity index (χ2v) is 9.50. The molecule has 0 radical (unpaired) electrons. The first-order valence-corrected chi connectivity index (χ1v) is 11.9. The lowest BCUT2D eigenvalue weighted by atomic mass is 9.96. The minimum Gasteiger partial charge on any atom is -0.301 e. The fourth-order valence-electron chi connectivity index (χ4n) is 3.72. The van der Waals surface area contributed by atoms with Crippen LogP contribution in [0.5, 0.6) is 0 Å². The summed E-state index contributed by atoms with van der Waals surface area (Å²) in [4.78, 5) is 35.0. The second kappa shape index (κ2) is 9.50. The monoisotopic (exact) mass is 450 g/mol. The first kappa shape index (κ1) is 21.3. The summed E-state index contributed by atoms with van der Waals surface area (Å²) in [5, 5.41) is 11.0. The van der Waals surface area contributed by atoms with Crippen molar-refractivity contribution in [3.63, 3.8) is 0 Å². The number of nitrogens with one attached hydrogen (secondary N) is 1. The van der Waals surface area contributed by atoms with Crippen molar-refractivity contribution in [3.8, 4) is 6.07 Å². The number of benzene rings is 1. The number of carbonyl (C=O) groups excluding carboxylic acids is 1. The number of thioether (sulfide) groups is 1. The van der Waals surface area contributed by atoms with Crippen molar-refractivity contribution in [1.82, 2.24) is 9.97 Å². The third-order valence-electron chi connectivity index (χ3n) is 5.17. The van der Waals surface area contributed by atoms with E-state index in [1.165, 1.54) is 22.7 Å². The third kappa shape index (κ3) is 4.89. The molecule has 0 spiro atoms. The third-order valence-corrected chi connectivity index (χ3v) is 7.35. The lowest BCUT2D eigenvalue weighted by Gasteiger charge is -2.22. The number of anilines is 1. The largest absolute Gasteiger partial charge is 0.301 e. The molecule has 2 aromatic heterocycles. The zero-order valence-electron chi connectivity index (χ0n) is 17.2. The van der Waals surface area contributed by atoms with E-state index < -0.39 is 0 Å². The Hall–Kier alpha value is -2.89. The Bertz CT molecular complexity index is 1190. The van der Waals surface area contributed by atoms with E-state index in [1.807, 2.05) is 30.3 Å². The molecule has 0 saturated heterocycles. The molecule has 1 aromatic carbocycles. The summed E-state index contributed by atoms with van der Waals surface area (Å²) in [5.74, 6) is 0.000225. The van der Waals surface area contributed by atoms with Crippen molar-refractivity contribution >= 4 is 34.0 Å². The topological polar surface area (TPSA) is 89.9 Å². The molecule has 2 heterocycles. The number of rotatable bonds is 6. The van der Waals surface area contributed by atoms with Crippen molar-refractivity contribution < 1.29 is 4.79 Å². The maximum absolute atomic E-state index is 13.4. The molecule has 3 aromatic rings. The van der Waals surface area contributed by atoms with Gasteiger partial charge in [-0.25, -0.2) is 4.98 Å². The Kier molecular flexibility index (Phi) is 6.54. The van der Waals surface area contributed by atoms with Crippen LogP contribution in [0.1, 0.15) is 40.1 Å². The highest BCUT2D eigenvalue weighted by molar-refractivity contribution is 7.99. The molecule has 0 fully saturated rings. The number of fused-ring (bicyclic) bond motifs is 1. The van der Waals surface area contributed by atoms with Gasteiger partial charge in [0.2, 0.25) is 5.91 Å². The molecule has 31 heavy (non-hydrogen) atoms. The van der Waals surface area contributed by atoms with E-state index in [0.717, 1.165) is 41.8 Å². The van der Waals surface area contributed by atoms with Gasteiger partial charge in [-0.3, -0.25) is 14.5 Å². The van der Waals surface area contributed by atoms with Crippen LogP contribution in [0, 0.1) is 18.3 Å². The summed E-state index contributed by atoms with van der Waals surface area (Å²) >= 11 is 2.77. The number of thiophene rings is 1. The van der Waals surface area contributed by atoms with Crippen LogP contribution >= 0.6 is 23.1 Å². The number of H-pyrrole nitrogens is 1. The number of hydrogen-bond donors (Lipinski definition) is 1. The Balaban J connectivity index is 1.65. The van der Waals surface area contributed by atoms with Gasteiger partial charge in [0.05, 0.1) is 17.9 Å². The molecule has 8 heteroatoms. The summed E-state index contributed by atoms with van der Waals surface area (Å²) in [7, 11) is 0. The Morgan fingerprint density at radius 1 is 1.29 bits per heavy atom. The van der Waals surface area contributed by atoms with E-state index in [0.29, 0.717) is 23.0 Å². The van der Waals surface area contributed by atoms with Gasteiger partial charge in [0.25, 0.3) is 5.56 Å². The normalized spacial score (nSPS) is 12.8. The van der Waals surface area contributed by atoms with Gasteiger partial charge in [-0.1, -0.05) is 42.1 Å². The van der Waals surface area contributed by atoms with E-state index in [1.54, 1.807) is 23.2 Å². The summed E-state index contributed by atoms with van der Waals surface area (Å²) < 4.78 is 0. The highest BCUT2D eigenvalue weighted by Crippen LogP contribution is 2.40. The number of aryl methyl sites for hydroxylation is 2. The van der Waals surface area contributed by atoms with Gasteiger partial charge in [-0.2, -0.15) is 5.26 Å². The lowest BCUT2D eigenvalue weighted by molar-refractivity contribution is -0.116. The molecular formula is C23H22N4O2S2. The van der Waals surface area contributed by atoms with Crippen LogP contribution in [0.4, 0.5) is 5.00 Å². The predicted molar refractivity (Wildman–Crippen MR) is 124 cm³/mol. The zero-order valence-corrected chi connectivity index (χ0v) is 18.8. The molecule has 1 aliphatic rings. The van der Waals surface area contributed by atoms with Crippen molar-refractivity contribution in [3.05, 3.63) is 74.0 Å². The minimum atomic E-state index is -0.235. The van der Waals surface area contributed by atoms with Crippen LogP contribution in [0.25, 0.3) is 0 Å². The first-order chi connectivity index (χ1) is 15.0. The van der Waals surface area contributed by atoms with Gasteiger partial charge >= 0.3 is 0 Å². The van der Waals surface area contributed by atoms with Gasteiger partial charge in [-0.05, 0) is 43.7 Å². The van der Waals surface area contributed by atoms with E-state index in [4.69, 9.17) is 0 Å². The molecule has 0 saturated carbocycles. The molecule has 1 aliphatic carbocycles.